The van der Waals surface area contributed by atoms with Crippen LogP contribution in [0.4, 0.5) is 0 Å². The molecule has 0 radical (unpaired) electrons. The van der Waals surface area contributed by atoms with Crippen LogP contribution in [0.3, 0.4) is 0 Å². The maximum absolute atomic E-state index is 11.7. The Bertz CT molecular complexity index is 246. The molecule has 19 heavy (non-hydrogen) atoms. The average Bonchev–Trinajstić information content (AvgIpc) is 2.37. The van der Waals surface area contributed by atoms with Gasteiger partial charge in [0.05, 0.1) is 25.4 Å². The van der Waals surface area contributed by atoms with Gasteiger partial charge in [-0.3, -0.25) is 4.79 Å². The minimum Gasteiger partial charge on any atom is -0.391 e. The molecule has 112 valence electrons. The third kappa shape index (κ3) is 8.22. The van der Waals surface area contributed by atoms with Gasteiger partial charge >= 0.3 is 0 Å². The number of amides is 1. The predicted octanol–water partition coefficient (Wildman–Crippen LogP) is 2.39. The molecular formula is C15H29NO3. The molecule has 0 aromatic rings. The Kier molecular flexibility index (Phi) is 8.84. The number of unbranched alkanes of at least 4 members (excludes halogenated alkanes) is 6. The first-order chi connectivity index (χ1) is 9.22. The molecule has 0 aromatic carbocycles. The van der Waals surface area contributed by atoms with Gasteiger partial charge in [-0.15, -0.1) is 0 Å². The summed E-state index contributed by atoms with van der Waals surface area (Å²) in [6.45, 7) is 3.14. The molecule has 1 fully saturated rings. The molecule has 2 atom stereocenters. The first-order valence-corrected chi connectivity index (χ1v) is 7.77. The Morgan fingerprint density at radius 2 is 1.84 bits per heavy atom. The van der Waals surface area contributed by atoms with Gasteiger partial charge in [-0.1, -0.05) is 45.4 Å². The number of aliphatic hydroxyl groups excluding tert-OH is 1. The largest absolute Gasteiger partial charge is 0.391 e. The van der Waals surface area contributed by atoms with E-state index in [-0.39, 0.29) is 11.9 Å². The van der Waals surface area contributed by atoms with E-state index in [1.165, 1.54) is 32.1 Å². The quantitative estimate of drug-likeness (QED) is 0.633. The normalized spacial score (nSPS) is 23.3. The number of rotatable bonds is 9. The van der Waals surface area contributed by atoms with Crippen LogP contribution in [0.5, 0.6) is 0 Å². The number of carbonyl (C=O) groups excluding carboxylic acids is 1. The standard InChI is InChI=1S/C15H29NO3/c1-2-3-4-5-6-7-8-9-15(18)16-13-10-14(17)12-19-11-13/h13-14,17H,2-12H2,1H3,(H,16,18). The Morgan fingerprint density at radius 1 is 1.16 bits per heavy atom. The summed E-state index contributed by atoms with van der Waals surface area (Å²) in [6.07, 6.45) is 9.33. The van der Waals surface area contributed by atoms with Crippen molar-refractivity contribution in [3.63, 3.8) is 0 Å². The summed E-state index contributed by atoms with van der Waals surface area (Å²) in [7, 11) is 0. The Balaban J connectivity index is 1.95. The molecule has 0 bridgehead atoms. The van der Waals surface area contributed by atoms with Crippen LogP contribution < -0.4 is 5.32 Å². The second kappa shape index (κ2) is 10.2. The topological polar surface area (TPSA) is 58.6 Å². The SMILES string of the molecule is CCCCCCCCCC(=O)NC1COCC(O)C1. The zero-order valence-corrected chi connectivity index (χ0v) is 12.2. The Morgan fingerprint density at radius 3 is 2.53 bits per heavy atom. The smallest absolute Gasteiger partial charge is 0.220 e. The van der Waals surface area contributed by atoms with Crippen LogP contribution >= 0.6 is 0 Å². The monoisotopic (exact) mass is 271 g/mol. The molecule has 1 rings (SSSR count). The highest BCUT2D eigenvalue weighted by Gasteiger charge is 2.21. The third-order valence-corrected chi connectivity index (χ3v) is 3.56. The maximum atomic E-state index is 11.7. The van der Waals surface area contributed by atoms with E-state index in [4.69, 9.17) is 4.74 Å². The van der Waals surface area contributed by atoms with Crippen molar-refractivity contribution in [2.75, 3.05) is 13.2 Å². The van der Waals surface area contributed by atoms with E-state index in [1.54, 1.807) is 0 Å². The van der Waals surface area contributed by atoms with Gasteiger partial charge in [0.25, 0.3) is 0 Å². The third-order valence-electron chi connectivity index (χ3n) is 3.56. The van der Waals surface area contributed by atoms with Crippen LogP contribution in [0.2, 0.25) is 0 Å². The van der Waals surface area contributed by atoms with Gasteiger partial charge < -0.3 is 15.2 Å². The van der Waals surface area contributed by atoms with E-state index < -0.39 is 6.10 Å². The number of carbonyl (C=O) groups is 1. The van der Waals surface area contributed by atoms with E-state index in [1.807, 2.05) is 0 Å². The summed E-state index contributed by atoms with van der Waals surface area (Å²) in [5.41, 5.74) is 0. The Hall–Kier alpha value is -0.610. The molecule has 1 aliphatic rings. The average molecular weight is 271 g/mol. The highest BCUT2D eigenvalue weighted by atomic mass is 16.5. The van der Waals surface area contributed by atoms with Gasteiger partial charge in [0.1, 0.15) is 0 Å². The zero-order valence-electron chi connectivity index (χ0n) is 12.2. The molecule has 0 saturated carbocycles. The minimum atomic E-state index is -0.433. The number of aliphatic hydroxyl groups is 1. The van der Waals surface area contributed by atoms with E-state index in [9.17, 15) is 9.90 Å². The fourth-order valence-corrected chi connectivity index (χ4v) is 2.45. The van der Waals surface area contributed by atoms with Gasteiger partial charge in [0.15, 0.2) is 0 Å². The van der Waals surface area contributed by atoms with Gasteiger partial charge in [-0.25, -0.2) is 0 Å². The lowest BCUT2D eigenvalue weighted by atomic mass is 10.1. The van der Waals surface area contributed by atoms with Crippen molar-refractivity contribution in [1.82, 2.24) is 5.32 Å². The molecule has 0 aromatic heterocycles. The van der Waals surface area contributed by atoms with Crippen molar-refractivity contribution in [1.29, 1.82) is 0 Å². The van der Waals surface area contributed by atoms with Crippen LogP contribution in [0.15, 0.2) is 0 Å². The molecule has 0 aliphatic carbocycles. The molecule has 1 heterocycles. The van der Waals surface area contributed by atoms with Crippen molar-refractivity contribution in [2.45, 2.75) is 76.9 Å². The highest BCUT2D eigenvalue weighted by Crippen LogP contribution is 2.10. The summed E-state index contributed by atoms with van der Waals surface area (Å²) in [6, 6.07) is -0.0131. The first-order valence-electron chi connectivity index (χ1n) is 7.77. The lowest BCUT2D eigenvalue weighted by Gasteiger charge is -2.26. The van der Waals surface area contributed by atoms with Gasteiger partial charge in [-0.2, -0.15) is 0 Å². The van der Waals surface area contributed by atoms with Gasteiger partial charge in [0.2, 0.25) is 5.91 Å². The fourth-order valence-electron chi connectivity index (χ4n) is 2.45. The predicted molar refractivity (Wildman–Crippen MR) is 76.0 cm³/mol. The summed E-state index contributed by atoms with van der Waals surface area (Å²) in [4.78, 5) is 11.7. The summed E-state index contributed by atoms with van der Waals surface area (Å²) >= 11 is 0. The molecule has 0 spiro atoms. The van der Waals surface area contributed by atoms with Crippen LogP contribution in [-0.4, -0.2) is 36.4 Å². The minimum absolute atomic E-state index is 0.0131. The number of hydrogen-bond acceptors (Lipinski definition) is 3. The second-order valence-corrected chi connectivity index (χ2v) is 5.56. The highest BCUT2D eigenvalue weighted by molar-refractivity contribution is 5.76. The van der Waals surface area contributed by atoms with Crippen molar-refractivity contribution in [2.24, 2.45) is 0 Å². The molecule has 2 N–H and O–H groups in total. The molecule has 4 heteroatoms. The van der Waals surface area contributed by atoms with E-state index in [2.05, 4.69) is 12.2 Å². The molecule has 1 aliphatic heterocycles. The van der Waals surface area contributed by atoms with Crippen molar-refractivity contribution in [3.05, 3.63) is 0 Å². The summed E-state index contributed by atoms with van der Waals surface area (Å²) in [5.74, 6) is 0.0938. The van der Waals surface area contributed by atoms with Gasteiger partial charge in [0, 0.05) is 6.42 Å². The van der Waals surface area contributed by atoms with Gasteiger partial charge in [-0.05, 0) is 12.8 Å². The van der Waals surface area contributed by atoms with Crippen LogP contribution in [0, 0.1) is 0 Å². The lowest BCUT2D eigenvalue weighted by Crippen LogP contribution is -2.45. The van der Waals surface area contributed by atoms with Crippen LogP contribution in [0.1, 0.15) is 64.7 Å². The molecule has 1 saturated heterocycles. The number of ether oxygens (including phenoxy) is 1. The molecule has 4 nitrogen and oxygen atoms in total. The summed E-state index contributed by atoms with van der Waals surface area (Å²) in [5, 5.41) is 12.4. The number of hydrogen-bond donors (Lipinski definition) is 2. The maximum Gasteiger partial charge on any atom is 0.220 e. The molecule has 1 amide bonds. The van der Waals surface area contributed by atoms with Crippen molar-refractivity contribution in [3.8, 4) is 0 Å². The van der Waals surface area contributed by atoms with Crippen molar-refractivity contribution >= 4 is 5.91 Å². The van der Waals surface area contributed by atoms with E-state index >= 15 is 0 Å². The molecular weight excluding hydrogens is 242 g/mol. The molecule has 2 unspecified atom stereocenters. The van der Waals surface area contributed by atoms with E-state index in [0.29, 0.717) is 26.1 Å². The van der Waals surface area contributed by atoms with Crippen LogP contribution in [-0.2, 0) is 9.53 Å². The van der Waals surface area contributed by atoms with E-state index in [0.717, 1.165) is 12.8 Å². The second-order valence-electron chi connectivity index (χ2n) is 5.56. The summed E-state index contributed by atoms with van der Waals surface area (Å²) < 4.78 is 5.21. The zero-order chi connectivity index (χ0) is 13.9. The Labute approximate surface area is 116 Å². The van der Waals surface area contributed by atoms with Crippen molar-refractivity contribution < 1.29 is 14.6 Å². The number of nitrogens with one attached hydrogen (secondary N) is 1. The first kappa shape index (κ1) is 16.4. The fraction of sp³-hybridized carbons (Fsp3) is 0.933. The lowest BCUT2D eigenvalue weighted by molar-refractivity contribution is -0.123. The van der Waals surface area contributed by atoms with Crippen LogP contribution in [0.25, 0.3) is 0 Å².